The summed E-state index contributed by atoms with van der Waals surface area (Å²) in [6.45, 7) is 13.0. The molecule has 6 aromatic rings. The van der Waals surface area contributed by atoms with Gasteiger partial charge in [0.2, 0.25) is 0 Å². The number of hydrogen-bond donors (Lipinski definition) is 2. The Balaban J connectivity index is 1.53. The lowest BCUT2D eigenvalue weighted by Crippen LogP contribution is -2.00. The molecular weight excluding hydrogens is 641 g/mol. The lowest BCUT2D eigenvalue weighted by atomic mass is 9.92. The Morgan fingerprint density at radius 2 is 1.00 bits per heavy atom. The Kier molecular flexibility index (Phi) is 8.10. The van der Waals surface area contributed by atoms with Gasteiger partial charge in [-0.05, 0) is 147 Å². The fraction of sp³-hybridized carbons (Fsp3) is 0.152. The zero-order valence-corrected chi connectivity index (χ0v) is 30.5. The summed E-state index contributed by atoms with van der Waals surface area (Å²) in [6, 6.07) is 27.1. The minimum Gasteiger partial charge on any atom is -0.465 e. The van der Waals surface area contributed by atoms with E-state index in [2.05, 4.69) is 130 Å². The van der Waals surface area contributed by atoms with Gasteiger partial charge in [0.15, 0.2) is 0 Å². The lowest BCUT2D eigenvalue weighted by Gasteiger charge is -2.13. The predicted octanol–water partition coefficient (Wildman–Crippen LogP) is 11.3. The second-order valence-electron chi connectivity index (χ2n) is 14.0. The van der Waals surface area contributed by atoms with Crippen LogP contribution >= 0.6 is 0 Å². The third-order valence-corrected chi connectivity index (χ3v) is 10.0. The Hall–Kier alpha value is -6.27. The van der Waals surface area contributed by atoms with Crippen molar-refractivity contribution < 1.29 is 9.53 Å². The van der Waals surface area contributed by atoms with Crippen LogP contribution in [0.25, 0.3) is 79.8 Å². The molecule has 2 aliphatic heterocycles. The quantitative estimate of drug-likeness (QED) is 0.181. The largest absolute Gasteiger partial charge is 0.465 e. The summed E-state index contributed by atoms with van der Waals surface area (Å²) in [6.07, 6.45) is 8.40. The number of aromatic nitrogens is 4. The van der Waals surface area contributed by atoms with E-state index in [1.165, 1.54) is 40.5 Å². The molecule has 3 aromatic heterocycles. The van der Waals surface area contributed by atoms with E-state index in [1.807, 2.05) is 12.1 Å². The molecule has 3 aromatic carbocycles. The maximum Gasteiger partial charge on any atom is 0.337 e. The van der Waals surface area contributed by atoms with Crippen molar-refractivity contribution in [1.29, 1.82) is 0 Å². The van der Waals surface area contributed by atoms with Crippen LogP contribution in [-0.2, 0) is 4.74 Å². The molecule has 0 atom stereocenters. The molecular formula is C46H40N4O2. The number of nitrogens with one attached hydrogen (secondary N) is 2. The van der Waals surface area contributed by atoms with Crippen LogP contribution in [0.15, 0.2) is 78.9 Å². The molecule has 0 spiro atoms. The van der Waals surface area contributed by atoms with Crippen molar-refractivity contribution in [2.24, 2.45) is 0 Å². The molecule has 52 heavy (non-hydrogen) atoms. The van der Waals surface area contributed by atoms with Gasteiger partial charge in [-0.15, -0.1) is 0 Å². The van der Waals surface area contributed by atoms with Crippen molar-refractivity contribution in [2.45, 2.75) is 41.5 Å². The Labute approximate surface area is 303 Å². The second-order valence-corrected chi connectivity index (χ2v) is 14.0. The molecule has 0 radical (unpaired) electrons. The molecule has 8 rings (SSSR count). The first-order valence-electron chi connectivity index (χ1n) is 17.6. The number of methoxy groups -OCH3 is 1. The van der Waals surface area contributed by atoms with E-state index >= 15 is 0 Å². The van der Waals surface area contributed by atoms with Gasteiger partial charge < -0.3 is 14.7 Å². The average Bonchev–Trinajstić information content (AvgIpc) is 3.94. The average molecular weight is 681 g/mol. The van der Waals surface area contributed by atoms with Crippen molar-refractivity contribution in [2.75, 3.05) is 7.11 Å². The zero-order chi connectivity index (χ0) is 36.3. The maximum absolute atomic E-state index is 12.4. The zero-order valence-electron chi connectivity index (χ0n) is 30.5. The van der Waals surface area contributed by atoms with Crippen molar-refractivity contribution >= 4 is 52.3 Å². The first kappa shape index (κ1) is 32.9. The Morgan fingerprint density at radius 3 is 1.58 bits per heavy atom. The highest BCUT2D eigenvalue weighted by Crippen LogP contribution is 2.39. The predicted molar refractivity (Wildman–Crippen MR) is 215 cm³/mol. The van der Waals surface area contributed by atoms with Gasteiger partial charge in [0, 0.05) is 38.8 Å². The van der Waals surface area contributed by atoms with Gasteiger partial charge in [-0.1, -0.05) is 47.5 Å². The summed E-state index contributed by atoms with van der Waals surface area (Å²) < 4.78 is 5.00. The molecule has 0 saturated carbocycles. The Morgan fingerprint density at radius 1 is 0.519 bits per heavy atom. The molecule has 256 valence electrons. The topological polar surface area (TPSA) is 83.7 Å². The van der Waals surface area contributed by atoms with Crippen LogP contribution in [0.1, 0.15) is 66.5 Å². The summed E-state index contributed by atoms with van der Waals surface area (Å²) >= 11 is 0. The number of rotatable bonds is 4. The maximum atomic E-state index is 12.4. The van der Waals surface area contributed by atoms with Crippen LogP contribution in [-0.4, -0.2) is 33.0 Å². The molecule has 0 amide bonds. The van der Waals surface area contributed by atoms with Gasteiger partial charge in [-0.2, -0.15) is 0 Å². The molecule has 8 bridgehead atoms. The van der Waals surface area contributed by atoms with Gasteiger partial charge >= 0.3 is 5.97 Å². The molecule has 0 saturated heterocycles. The van der Waals surface area contributed by atoms with Gasteiger partial charge in [0.25, 0.3) is 0 Å². The smallest absolute Gasteiger partial charge is 0.337 e. The van der Waals surface area contributed by atoms with Crippen molar-refractivity contribution in [3.63, 3.8) is 0 Å². The lowest BCUT2D eigenvalue weighted by molar-refractivity contribution is 0.0600. The van der Waals surface area contributed by atoms with E-state index in [4.69, 9.17) is 14.7 Å². The Bertz CT molecular complexity index is 2580. The third-order valence-electron chi connectivity index (χ3n) is 10.0. The van der Waals surface area contributed by atoms with Crippen LogP contribution in [0.4, 0.5) is 0 Å². The SMILES string of the molecule is COC(=O)c1ccc(-c2c3nc(c(-c4c(C)cc(C)cc4C)c4ccc(cc5nc(c(-c6c(C)cc(C)cc6C)c6ccc2[nH]6)C=C5)[nH]4)C=C3)cc1. The van der Waals surface area contributed by atoms with Crippen molar-refractivity contribution in [3.8, 4) is 33.4 Å². The summed E-state index contributed by atoms with van der Waals surface area (Å²) in [7, 11) is 1.40. The normalized spacial score (nSPS) is 12.1. The number of nitrogens with zero attached hydrogens (tertiary/aromatic N) is 2. The number of fused-ring (bicyclic) bond motifs is 8. The number of carbonyl (C=O) groups is 1. The monoisotopic (exact) mass is 680 g/mol. The van der Waals surface area contributed by atoms with Crippen molar-refractivity contribution in [3.05, 3.63) is 141 Å². The van der Waals surface area contributed by atoms with Crippen molar-refractivity contribution in [1.82, 2.24) is 19.9 Å². The molecule has 0 aliphatic carbocycles. The van der Waals surface area contributed by atoms with Gasteiger partial charge in [-0.3, -0.25) is 0 Å². The molecule has 2 aliphatic rings. The standard InChI is InChI=1S/C46H40N4O2/c1-25-20-27(3)41(28(4)21-25)44-37-14-12-33(47-37)24-34-13-15-38(48-34)45(42-29(5)22-26(2)23-30(42)6)40-19-17-36(50-40)43(35-16-18-39(44)49-35)31-8-10-32(11-9-31)46(51)52-7/h8-24,47,50H,1-7H3. The number of esters is 1. The van der Waals surface area contributed by atoms with Gasteiger partial charge in [-0.25, -0.2) is 14.8 Å². The summed E-state index contributed by atoms with van der Waals surface area (Å²) in [4.78, 5) is 30.5. The summed E-state index contributed by atoms with van der Waals surface area (Å²) in [5, 5.41) is 0. The summed E-state index contributed by atoms with van der Waals surface area (Å²) in [5.41, 5.74) is 21.2. The minimum absolute atomic E-state index is 0.374. The third kappa shape index (κ3) is 5.76. The molecule has 0 fully saturated rings. The fourth-order valence-corrected chi connectivity index (χ4v) is 8.01. The van der Waals surface area contributed by atoms with E-state index in [0.29, 0.717) is 5.56 Å². The number of H-pyrrole nitrogens is 2. The van der Waals surface area contributed by atoms with Crippen LogP contribution < -0.4 is 0 Å². The molecule has 0 unspecified atom stereocenters. The van der Waals surface area contributed by atoms with E-state index in [9.17, 15) is 4.79 Å². The molecule has 5 heterocycles. The second kappa shape index (κ2) is 12.8. The van der Waals surface area contributed by atoms with Crippen LogP contribution in [0.3, 0.4) is 0 Å². The number of aryl methyl sites for hydroxylation is 6. The highest BCUT2D eigenvalue weighted by Gasteiger charge is 2.20. The number of benzene rings is 3. The van der Waals surface area contributed by atoms with Crippen LogP contribution in [0.2, 0.25) is 0 Å². The fourth-order valence-electron chi connectivity index (χ4n) is 8.01. The molecule has 2 N–H and O–H groups in total. The number of carbonyl (C=O) groups excluding carboxylic acids is 1. The molecule has 6 nitrogen and oxygen atoms in total. The van der Waals surface area contributed by atoms with Gasteiger partial charge in [0.1, 0.15) is 0 Å². The number of aromatic amines is 2. The molecule has 6 heteroatoms. The van der Waals surface area contributed by atoms with E-state index < -0.39 is 0 Å². The van der Waals surface area contributed by atoms with Crippen LogP contribution in [0, 0.1) is 41.5 Å². The summed E-state index contributed by atoms with van der Waals surface area (Å²) in [5.74, 6) is -0.374. The van der Waals surface area contributed by atoms with E-state index in [-0.39, 0.29) is 5.97 Å². The van der Waals surface area contributed by atoms with E-state index in [1.54, 1.807) is 12.1 Å². The number of ether oxygens (including phenoxy) is 1. The van der Waals surface area contributed by atoms with E-state index in [0.717, 1.165) is 78.2 Å². The van der Waals surface area contributed by atoms with Crippen LogP contribution in [0.5, 0.6) is 0 Å². The number of hydrogen-bond acceptors (Lipinski definition) is 4. The first-order valence-corrected chi connectivity index (χ1v) is 17.6. The minimum atomic E-state index is -0.374. The van der Waals surface area contributed by atoms with Gasteiger partial charge in [0.05, 0.1) is 35.4 Å². The highest BCUT2D eigenvalue weighted by molar-refractivity contribution is 5.99. The first-order chi connectivity index (χ1) is 25.1. The highest BCUT2D eigenvalue weighted by atomic mass is 16.5.